The standard InChI is InChI=1S/C8H7N3O3/c12-7(13)5-11-6-3-1-2-4-10(6)8(14)9-11/h1-4H,5H2,(H-,9,12,13,14)/p+1. The van der Waals surface area contributed by atoms with Crippen LogP contribution in [0.2, 0.25) is 0 Å². The molecule has 2 N–H and O–H groups in total. The van der Waals surface area contributed by atoms with Crippen molar-refractivity contribution in [2.24, 2.45) is 0 Å². The van der Waals surface area contributed by atoms with Crippen LogP contribution in [0.5, 0.6) is 0 Å². The summed E-state index contributed by atoms with van der Waals surface area (Å²) in [7, 11) is 0. The normalized spacial score (nSPS) is 10.6. The Bertz CT molecular complexity index is 540. The van der Waals surface area contributed by atoms with Crippen LogP contribution < -0.4 is 10.4 Å². The van der Waals surface area contributed by atoms with E-state index in [1.54, 1.807) is 24.4 Å². The third-order valence-electron chi connectivity index (χ3n) is 1.86. The number of hydrogen-bond donors (Lipinski definition) is 2. The van der Waals surface area contributed by atoms with Crippen LogP contribution in [0.25, 0.3) is 5.65 Å². The number of aliphatic carboxylic acids is 1. The minimum Gasteiger partial charge on any atom is -0.478 e. The van der Waals surface area contributed by atoms with Crippen molar-refractivity contribution in [1.29, 1.82) is 0 Å². The van der Waals surface area contributed by atoms with Crippen molar-refractivity contribution in [1.82, 2.24) is 9.50 Å². The van der Waals surface area contributed by atoms with E-state index in [2.05, 4.69) is 5.10 Å². The van der Waals surface area contributed by atoms with Gasteiger partial charge in [0.15, 0.2) is 0 Å². The maximum atomic E-state index is 11.3. The van der Waals surface area contributed by atoms with Gasteiger partial charge in [-0.2, -0.15) is 5.10 Å². The Balaban J connectivity index is 2.66. The SMILES string of the molecule is O=C(O)C[n+]1[nH]c(=O)n2ccccc21. The topological polar surface area (TPSA) is 78.4 Å². The second-order valence-corrected chi connectivity index (χ2v) is 2.83. The van der Waals surface area contributed by atoms with E-state index in [1.807, 2.05) is 0 Å². The fourth-order valence-corrected chi connectivity index (χ4v) is 1.31. The first-order chi connectivity index (χ1) is 6.68. The monoisotopic (exact) mass is 194 g/mol. The van der Waals surface area contributed by atoms with Crippen LogP contribution in [0.15, 0.2) is 29.2 Å². The molecule has 0 amide bonds. The van der Waals surface area contributed by atoms with E-state index < -0.39 is 5.97 Å². The van der Waals surface area contributed by atoms with E-state index in [9.17, 15) is 9.59 Å². The van der Waals surface area contributed by atoms with Gasteiger partial charge in [0.1, 0.15) is 6.20 Å². The first-order valence-electron chi connectivity index (χ1n) is 3.99. The Morgan fingerprint density at radius 2 is 2.36 bits per heavy atom. The predicted octanol–water partition coefficient (Wildman–Crippen LogP) is -1.00. The van der Waals surface area contributed by atoms with Crippen LogP contribution in [0.4, 0.5) is 0 Å². The number of aromatic amines is 1. The summed E-state index contributed by atoms with van der Waals surface area (Å²) in [6.45, 7) is -0.254. The number of nitrogens with zero attached hydrogens (tertiary/aromatic N) is 2. The molecule has 0 bridgehead atoms. The minimum absolute atomic E-state index is 0.254. The molecule has 0 aliphatic carbocycles. The molecule has 0 spiro atoms. The largest absolute Gasteiger partial charge is 0.478 e. The van der Waals surface area contributed by atoms with Crippen LogP contribution in [0.1, 0.15) is 0 Å². The highest BCUT2D eigenvalue weighted by Gasteiger charge is 2.15. The van der Waals surface area contributed by atoms with Crippen LogP contribution in [-0.4, -0.2) is 20.6 Å². The molecule has 2 rings (SSSR count). The Hall–Kier alpha value is -2.11. The lowest BCUT2D eigenvalue weighted by Crippen LogP contribution is -2.41. The molecule has 2 heterocycles. The maximum absolute atomic E-state index is 11.3. The highest BCUT2D eigenvalue weighted by molar-refractivity contribution is 5.65. The second-order valence-electron chi connectivity index (χ2n) is 2.83. The number of aromatic nitrogens is 3. The summed E-state index contributed by atoms with van der Waals surface area (Å²) < 4.78 is 2.63. The van der Waals surface area contributed by atoms with Gasteiger partial charge in [0.05, 0.1) is 0 Å². The zero-order valence-electron chi connectivity index (χ0n) is 7.17. The highest BCUT2D eigenvalue weighted by atomic mass is 16.4. The van der Waals surface area contributed by atoms with Gasteiger partial charge in [-0.1, -0.05) is 6.07 Å². The first-order valence-corrected chi connectivity index (χ1v) is 3.99. The molecule has 0 atom stereocenters. The third kappa shape index (κ3) is 1.26. The zero-order valence-corrected chi connectivity index (χ0v) is 7.17. The minimum atomic E-state index is -0.998. The van der Waals surface area contributed by atoms with Crippen LogP contribution in [0.3, 0.4) is 0 Å². The van der Waals surface area contributed by atoms with Gasteiger partial charge in [-0.3, -0.25) is 0 Å². The molecule has 2 aromatic rings. The third-order valence-corrected chi connectivity index (χ3v) is 1.86. The number of carbonyl (C=O) groups is 1. The van der Waals surface area contributed by atoms with Crippen molar-refractivity contribution >= 4 is 11.6 Å². The molecule has 0 saturated heterocycles. The molecule has 0 fully saturated rings. The van der Waals surface area contributed by atoms with E-state index in [0.717, 1.165) is 0 Å². The average Bonchev–Trinajstić information content (AvgIpc) is 2.44. The van der Waals surface area contributed by atoms with Crippen molar-refractivity contribution in [3.8, 4) is 0 Å². The number of nitrogens with one attached hydrogen (secondary N) is 1. The number of rotatable bonds is 2. The van der Waals surface area contributed by atoms with E-state index in [-0.39, 0.29) is 12.2 Å². The van der Waals surface area contributed by atoms with Gasteiger partial charge in [-0.15, -0.1) is 9.08 Å². The van der Waals surface area contributed by atoms with Gasteiger partial charge in [-0.25, -0.2) is 9.59 Å². The summed E-state index contributed by atoms with van der Waals surface area (Å²) in [6.07, 6.45) is 1.58. The second kappa shape index (κ2) is 2.99. The molecule has 6 heteroatoms. The fourth-order valence-electron chi connectivity index (χ4n) is 1.31. The van der Waals surface area contributed by atoms with E-state index >= 15 is 0 Å². The molecule has 14 heavy (non-hydrogen) atoms. The van der Waals surface area contributed by atoms with Gasteiger partial charge in [0.2, 0.25) is 6.54 Å². The number of carboxylic acid groups (broad SMARTS) is 1. The maximum Gasteiger partial charge on any atom is 0.448 e. The summed E-state index contributed by atoms with van der Waals surface area (Å²) in [6, 6.07) is 5.11. The Kier molecular flexibility index (Phi) is 1.81. The Labute approximate surface area is 78.0 Å². The molecule has 0 aromatic carbocycles. The Morgan fingerprint density at radius 1 is 1.57 bits per heavy atom. The first kappa shape index (κ1) is 8.49. The average molecular weight is 194 g/mol. The summed E-state index contributed by atoms with van der Waals surface area (Å²) >= 11 is 0. The van der Waals surface area contributed by atoms with Crippen molar-refractivity contribution < 1.29 is 14.6 Å². The molecule has 0 radical (unpaired) electrons. The lowest BCUT2D eigenvalue weighted by atomic mass is 10.5. The molecule has 0 saturated carbocycles. The number of pyridine rings is 1. The van der Waals surface area contributed by atoms with Crippen LogP contribution in [-0.2, 0) is 11.3 Å². The molecular weight excluding hydrogens is 186 g/mol. The fraction of sp³-hybridized carbons (Fsp3) is 0.125. The van der Waals surface area contributed by atoms with E-state index in [0.29, 0.717) is 5.65 Å². The van der Waals surface area contributed by atoms with Crippen molar-refractivity contribution in [3.63, 3.8) is 0 Å². The summed E-state index contributed by atoms with van der Waals surface area (Å²) in [5.74, 6) is -0.998. The lowest BCUT2D eigenvalue weighted by Gasteiger charge is -1.89. The van der Waals surface area contributed by atoms with Crippen LogP contribution >= 0.6 is 0 Å². The number of carboxylic acids is 1. The molecule has 0 aliphatic heterocycles. The van der Waals surface area contributed by atoms with Gasteiger partial charge < -0.3 is 5.11 Å². The molecule has 72 valence electrons. The molecule has 0 unspecified atom stereocenters. The van der Waals surface area contributed by atoms with Crippen LogP contribution in [0, 0.1) is 0 Å². The lowest BCUT2D eigenvalue weighted by molar-refractivity contribution is -0.718. The summed E-state index contributed by atoms with van der Waals surface area (Å²) in [5.41, 5.74) is 0.182. The van der Waals surface area contributed by atoms with Gasteiger partial charge in [-0.05, 0) is 6.07 Å². The molecule has 6 nitrogen and oxygen atoms in total. The summed E-state index contributed by atoms with van der Waals surface area (Å²) in [5, 5.41) is 11.0. The Morgan fingerprint density at radius 3 is 3.07 bits per heavy atom. The smallest absolute Gasteiger partial charge is 0.448 e. The van der Waals surface area contributed by atoms with E-state index in [1.165, 1.54) is 9.08 Å². The predicted molar refractivity (Wildman–Crippen MR) is 45.8 cm³/mol. The quantitative estimate of drug-likeness (QED) is 0.602. The van der Waals surface area contributed by atoms with Crippen molar-refractivity contribution in [2.75, 3.05) is 0 Å². The van der Waals surface area contributed by atoms with Crippen molar-refractivity contribution in [2.45, 2.75) is 6.54 Å². The molecule has 0 aliphatic rings. The zero-order chi connectivity index (χ0) is 10.1. The van der Waals surface area contributed by atoms with E-state index in [4.69, 9.17) is 5.11 Å². The van der Waals surface area contributed by atoms with Gasteiger partial charge in [0, 0.05) is 6.07 Å². The number of fused-ring (bicyclic) bond motifs is 1. The summed E-state index contributed by atoms with van der Waals surface area (Å²) in [4.78, 5) is 21.7. The number of H-pyrrole nitrogens is 1. The number of hydrogen-bond acceptors (Lipinski definition) is 2. The highest BCUT2D eigenvalue weighted by Crippen LogP contribution is 1.90. The van der Waals surface area contributed by atoms with Crippen molar-refractivity contribution in [3.05, 3.63) is 34.9 Å². The molecular formula is C8H8N3O3+. The van der Waals surface area contributed by atoms with Gasteiger partial charge >= 0.3 is 17.3 Å². The van der Waals surface area contributed by atoms with Gasteiger partial charge in [0.25, 0.3) is 0 Å². The molecule has 2 aromatic heterocycles.